The smallest absolute Gasteiger partial charge is 0.247 e. The van der Waals surface area contributed by atoms with Gasteiger partial charge in [0.05, 0.1) is 6.20 Å². The van der Waals surface area contributed by atoms with Crippen molar-refractivity contribution in [3.63, 3.8) is 0 Å². The number of aryl methyl sites for hydroxylation is 1. The molecule has 0 spiro atoms. The van der Waals surface area contributed by atoms with Crippen LogP contribution in [0.15, 0.2) is 36.7 Å². The lowest BCUT2D eigenvalue weighted by Gasteiger charge is -2.36. The Morgan fingerprint density at radius 2 is 1.96 bits per heavy atom. The Kier molecular flexibility index (Phi) is 5.21. The van der Waals surface area contributed by atoms with Gasteiger partial charge < -0.3 is 4.90 Å². The van der Waals surface area contributed by atoms with Crippen molar-refractivity contribution in [2.24, 2.45) is 0 Å². The van der Waals surface area contributed by atoms with Crippen LogP contribution >= 0.6 is 11.6 Å². The van der Waals surface area contributed by atoms with Gasteiger partial charge in [-0.3, -0.25) is 14.4 Å². The summed E-state index contributed by atoms with van der Waals surface area (Å²) in [5.41, 5.74) is 2.21. The quantitative estimate of drug-likeness (QED) is 0.854. The van der Waals surface area contributed by atoms with E-state index in [1.165, 1.54) is 0 Å². The SMILES string of the molecule is Cc1cnn(C(C)C(=O)N2CCN(Cc3ccccc3Cl)CC2)c1. The summed E-state index contributed by atoms with van der Waals surface area (Å²) in [5.74, 6) is 0.135. The van der Waals surface area contributed by atoms with E-state index >= 15 is 0 Å². The van der Waals surface area contributed by atoms with Gasteiger partial charge in [0.2, 0.25) is 5.91 Å². The molecule has 128 valence electrons. The second-order valence-corrected chi connectivity index (χ2v) is 6.77. The molecule has 1 fully saturated rings. The Hall–Kier alpha value is -1.85. The van der Waals surface area contributed by atoms with Crippen LogP contribution in [0.5, 0.6) is 0 Å². The Morgan fingerprint density at radius 3 is 2.58 bits per heavy atom. The van der Waals surface area contributed by atoms with Gasteiger partial charge in [0.1, 0.15) is 6.04 Å². The third kappa shape index (κ3) is 3.79. The lowest BCUT2D eigenvalue weighted by atomic mass is 10.2. The molecule has 1 amide bonds. The zero-order valence-corrected chi connectivity index (χ0v) is 14.9. The van der Waals surface area contributed by atoms with Crippen LogP contribution in [0.1, 0.15) is 24.1 Å². The summed E-state index contributed by atoms with van der Waals surface area (Å²) in [6.45, 7) is 7.93. The maximum absolute atomic E-state index is 12.7. The van der Waals surface area contributed by atoms with E-state index in [9.17, 15) is 4.79 Å². The summed E-state index contributed by atoms with van der Waals surface area (Å²) >= 11 is 6.23. The lowest BCUT2D eigenvalue weighted by Crippen LogP contribution is -2.50. The van der Waals surface area contributed by atoms with Gasteiger partial charge in [-0.25, -0.2) is 0 Å². The van der Waals surface area contributed by atoms with E-state index in [4.69, 9.17) is 11.6 Å². The highest BCUT2D eigenvalue weighted by Gasteiger charge is 2.26. The van der Waals surface area contributed by atoms with Crippen LogP contribution in [0.2, 0.25) is 5.02 Å². The summed E-state index contributed by atoms with van der Waals surface area (Å²) < 4.78 is 1.74. The highest BCUT2D eigenvalue weighted by Crippen LogP contribution is 2.19. The first-order valence-electron chi connectivity index (χ1n) is 8.30. The third-order valence-corrected chi connectivity index (χ3v) is 4.89. The zero-order valence-electron chi connectivity index (χ0n) is 14.2. The van der Waals surface area contributed by atoms with Gasteiger partial charge in [-0.2, -0.15) is 5.10 Å². The molecule has 5 nitrogen and oxygen atoms in total. The number of amides is 1. The van der Waals surface area contributed by atoms with Gasteiger partial charge in [-0.05, 0) is 31.0 Å². The van der Waals surface area contributed by atoms with Crippen molar-refractivity contribution in [3.8, 4) is 0 Å². The molecule has 1 atom stereocenters. The van der Waals surface area contributed by atoms with Crippen LogP contribution in [0.25, 0.3) is 0 Å². The van der Waals surface area contributed by atoms with Crippen molar-refractivity contribution in [1.29, 1.82) is 0 Å². The van der Waals surface area contributed by atoms with Gasteiger partial charge in [0.25, 0.3) is 0 Å². The van der Waals surface area contributed by atoms with E-state index in [-0.39, 0.29) is 11.9 Å². The van der Waals surface area contributed by atoms with Gasteiger partial charge >= 0.3 is 0 Å². The van der Waals surface area contributed by atoms with E-state index in [1.807, 2.05) is 43.1 Å². The van der Waals surface area contributed by atoms with E-state index in [2.05, 4.69) is 16.1 Å². The fourth-order valence-electron chi connectivity index (χ4n) is 3.02. The Bertz CT molecular complexity index is 707. The number of rotatable bonds is 4. The molecule has 1 aliphatic rings. The topological polar surface area (TPSA) is 41.4 Å². The summed E-state index contributed by atoms with van der Waals surface area (Å²) in [4.78, 5) is 16.9. The van der Waals surface area contributed by atoms with Crippen LogP contribution in [-0.4, -0.2) is 51.7 Å². The summed E-state index contributed by atoms with van der Waals surface area (Å²) in [5, 5.41) is 5.06. The predicted octanol–water partition coefficient (Wildman–Crippen LogP) is 2.75. The fourth-order valence-corrected chi connectivity index (χ4v) is 3.21. The number of halogens is 1. The standard InChI is InChI=1S/C18H23ClN4O/c1-14-11-20-23(12-14)15(2)18(24)22-9-7-21(8-10-22)13-16-5-3-4-6-17(16)19/h3-6,11-12,15H,7-10,13H2,1-2H3. The maximum Gasteiger partial charge on any atom is 0.247 e. The summed E-state index contributed by atoms with van der Waals surface area (Å²) in [6, 6.07) is 7.68. The number of benzene rings is 1. The average Bonchev–Trinajstić information content (AvgIpc) is 3.03. The van der Waals surface area contributed by atoms with Crippen LogP contribution in [0, 0.1) is 6.92 Å². The minimum Gasteiger partial charge on any atom is -0.338 e. The molecule has 1 aromatic heterocycles. The number of carbonyl (C=O) groups excluding carboxylic acids is 1. The highest BCUT2D eigenvalue weighted by molar-refractivity contribution is 6.31. The Balaban J connectivity index is 1.55. The third-order valence-electron chi connectivity index (χ3n) is 4.52. The number of nitrogens with zero attached hydrogens (tertiary/aromatic N) is 4. The Labute approximate surface area is 147 Å². The number of hydrogen-bond acceptors (Lipinski definition) is 3. The molecular weight excluding hydrogens is 324 g/mol. The minimum atomic E-state index is -0.256. The summed E-state index contributed by atoms with van der Waals surface area (Å²) in [7, 11) is 0. The van der Waals surface area contributed by atoms with Crippen molar-refractivity contribution in [2.75, 3.05) is 26.2 Å². The fraction of sp³-hybridized carbons (Fsp3) is 0.444. The molecule has 1 unspecified atom stereocenters. The second kappa shape index (κ2) is 7.36. The maximum atomic E-state index is 12.7. The largest absolute Gasteiger partial charge is 0.338 e. The van der Waals surface area contributed by atoms with E-state index in [1.54, 1.807) is 10.9 Å². The van der Waals surface area contributed by atoms with E-state index in [0.717, 1.165) is 48.9 Å². The minimum absolute atomic E-state index is 0.135. The molecule has 3 rings (SSSR count). The molecule has 0 bridgehead atoms. The van der Waals surface area contributed by atoms with Crippen molar-refractivity contribution < 1.29 is 4.79 Å². The van der Waals surface area contributed by atoms with Crippen molar-refractivity contribution in [3.05, 3.63) is 52.8 Å². The van der Waals surface area contributed by atoms with E-state index in [0.29, 0.717) is 0 Å². The molecule has 2 heterocycles. The molecule has 0 aliphatic carbocycles. The predicted molar refractivity (Wildman–Crippen MR) is 95.0 cm³/mol. The molecule has 0 saturated carbocycles. The number of aromatic nitrogens is 2. The highest BCUT2D eigenvalue weighted by atomic mass is 35.5. The van der Waals surface area contributed by atoms with Crippen molar-refractivity contribution in [1.82, 2.24) is 19.6 Å². The number of hydrogen-bond donors (Lipinski definition) is 0. The zero-order chi connectivity index (χ0) is 17.1. The van der Waals surface area contributed by atoms with Crippen LogP contribution in [-0.2, 0) is 11.3 Å². The van der Waals surface area contributed by atoms with Gasteiger partial charge in [0.15, 0.2) is 0 Å². The lowest BCUT2D eigenvalue weighted by molar-refractivity contribution is -0.136. The first-order chi connectivity index (χ1) is 11.5. The van der Waals surface area contributed by atoms with Gasteiger partial charge in [-0.1, -0.05) is 29.8 Å². The molecule has 2 aromatic rings. The molecule has 0 radical (unpaired) electrons. The van der Waals surface area contributed by atoms with Crippen LogP contribution < -0.4 is 0 Å². The molecule has 0 N–H and O–H groups in total. The number of carbonyl (C=O) groups is 1. The Morgan fingerprint density at radius 1 is 1.25 bits per heavy atom. The van der Waals surface area contributed by atoms with E-state index < -0.39 is 0 Å². The summed E-state index contributed by atoms with van der Waals surface area (Å²) in [6.07, 6.45) is 3.70. The first kappa shape index (κ1) is 17.0. The molecule has 24 heavy (non-hydrogen) atoms. The molecule has 1 aromatic carbocycles. The molecular formula is C18H23ClN4O. The van der Waals surface area contributed by atoms with Gasteiger partial charge in [0, 0.05) is 43.9 Å². The monoisotopic (exact) mass is 346 g/mol. The van der Waals surface area contributed by atoms with Gasteiger partial charge in [-0.15, -0.1) is 0 Å². The first-order valence-corrected chi connectivity index (χ1v) is 8.67. The molecule has 6 heteroatoms. The molecule has 1 aliphatic heterocycles. The average molecular weight is 347 g/mol. The molecule has 1 saturated heterocycles. The van der Waals surface area contributed by atoms with Crippen LogP contribution in [0.4, 0.5) is 0 Å². The number of piperazine rings is 1. The van der Waals surface area contributed by atoms with Crippen molar-refractivity contribution in [2.45, 2.75) is 26.4 Å². The van der Waals surface area contributed by atoms with Crippen molar-refractivity contribution >= 4 is 17.5 Å². The normalized spacial score (nSPS) is 17.0. The second-order valence-electron chi connectivity index (χ2n) is 6.37. The van der Waals surface area contributed by atoms with Crippen LogP contribution in [0.3, 0.4) is 0 Å².